The summed E-state index contributed by atoms with van der Waals surface area (Å²) in [6.07, 6.45) is 1.47. The topological polar surface area (TPSA) is 46.6 Å². The summed E-state index contributed by atoms with van der Waals surface area (Å²) >= 11 is 0. The van der Waals surface area contributed by atoms with Crippen molar-refractivity contribution in [1.82, 2.24) is 4.67 Å². The lowest BCUT2D eigenvalue weighted by molar-refractivity contribution is -0.155. The summed E-state index contributed by atoms with van der Waals surface area (Å²) < 4.78 is 6.31. The van der Waals surface area contributed by atoms with E-state index in [-0.39, 0.29) is 11.9 Å². The molecule has 74 valence electrons. The lowest BCUT2D eigenvalue weighted by atomic mass is 9.99. The minimum Gasteiger partial charge on any atom is -0.465 e. The minimum atomic E-state index is -0.578. The Hall–Kier alpha value is -0.630. The summed E-state index contributed by atoms with van der Waals surface area (Å²) in [5, 5.41) is 0. The highest BCUT2D eigenvalue weighted by Gasteiger charge is 2.33. The van der Waals surface area contributed by atoms with Crippen LogP contribution in [-0.4, -0.2) is 29.7 Å². The summed E-state index contributed by atoms with van der Waals surface area (Å²) in [7, 11) is 2.33. The van der Waals surface area contributed by atoms with Crippen LogP contribution in [0.1, 0.15) is 19.8 Å². The third-order valence-corrected chi connectivity index (χ3v) is 2.56. The minimum absolute atomic E-state index is 0.144. The molecule has 0 radical (unpaired) electrons. The number of esters is 1. The van der Waals surface area contributed by atoms with Crippen molar-refractivity contribution in [1.29, 1.82) is 0 Å². The molecule has 1 aliphatic heterocycles. The van der Waals surface area contributed by atoms with E-state index in [1.165, 1.54) is 4.67 Å². The first-order valence-corrected chi connectivity index (χ1v) is 4.91. The first-order valence-electron chi connectivity index (χ1n) is 4.39. The first kappa shape index (κ1) is 10.5. The molecule has 4 nitrogen and oxygen atoms in total. The van der Waals surface area contributed by atoms with E-state index in [9.17, 15) is 9.59 Å². The van der Waals surface area contributed by atoms with Crippen LogP contribution in [0.15, 0.2) is 0 Å². The van der Waals surface area contributed by atoms with Gasteiger partial charge in [-0.2, -0.15) is 0 Å². The molecular weight excluding hydrogens is 189 g/mol. The number of hydrogen-bond donors (Lipinski definition) is 0. The molecule has 1 saturated heterocycles. The summed E-state index contributed by atoms with van der Waals surface area (Å²) in [5.74, 6) is -1.11. The van der Waals surface area contributed by atoms with Crippen LogP contribution in [0.5, 0.6) is 0 Å². The number of piperidine rings is 1. The molecule has 1 heterocycles. The Labute approximate surface area is 79.9 Å². The van der Waals surface area contributed by atoms with E-state index in [4.69, 9.17) is 4.74 Å². The maximum atomic E-state index is 11.4. The molecule has 0 aromatic rings. The van der Waals surface area contributed by atoms with Crippen molar-refractivity contribution in [3.05, 3.63) is 0 Å². The number of carbonyl (C=O) groups is 2. The highest BCUT2D eigenvalue weighted by Crippen LogP contribution is 2.21. The second-order valence-electron chi connectivity index (χ2n) is 2.98. The predicted molar refractivity (Wildman–Crippen MR) is 50.8 cm³/mol. The standard InChI is InChI=1S/C8H14NO3P/c1-2-12-8(11)6-4-3-5-9(13)7(6)10/h6H,2-5,13H2,1H3. The number of hydrogen-bond acceptors (Lipinski definition) is 3. The normalized spacial score (nSPS) is 23.1. The Bertz CT molecular complexity index is 219. The van der Waals surface area contributed by atoms with Crippen molar-refractivity contribution in [2.24, 2.45) is 5.92 Å². The summed E-state index contributed by atoms with van der Waals surface area (Å²) in [6.45, 7) is 2.78. The fraction of sp³-hybridized carbons (Fsp3) is 0.750. The maximum Gasteiger partial charge on any atom is 0.318 e. The first-order chi connectivity index (χ1) is 6.16. The average Bonchev–Trinajstić information content (AvgIpc) is 2.10. The lowest BCUT2D eigenvalue weighted by Gasteiger charge is -2.27. The van der Waals surface area contributed by atoms with Crippen LogP contribution in [0.4, 0.5) is 0 Å². The van der Waals surface area contributed by atoms with Crippen LogP contribution in [0.2, 0.25) is 0 Å². The van der Waals surface area contributed by atoms with Crippen molar-refractivity contribution in [2.45, 2.75) is 19.8 Å². The SMILES string of the molecule is CCOC(=O)C1CCCN(P)C1=O. The van der Waals surface area contributed by atoms with Crippen LogP contribution in [-0.2, 0) is 14.3 Å². The van der Waals surface area contributed by atoms with Crippen molar-refractivity contribution < 1.29 is 14.3 Å². The third kappa shape index (κ3) is 2.41. The molecule has 0 aromatic carbocycles. The van der Waals surface area contributed by atoms with Gasteiger partial charge >= 0.3 is 5.97 Å². The van der Waals surface area contributed by atoms with E-state index in [0.29, 0.717) is 19.6 Å². The van der Waals surface area contributed by atoms with E-state index in [1.54, 1.807) is 6.92 Å². The van der Waals surface area contributed by atoms with Crippen LogP contribution >= 0.6 is 9.39 Å². The Kier molecular flexibility index (Phi) is 3.67. The van der Waals surface area contributed by atoms with Gasteiger partial charge in [0.2, 0.25) is 5.91 Å². The molecule has 0 aliphatic carbocycles. The lowest BCUT2D eigenvalue weighted by Crippen LogP contribution is -2.39. The van der Waals surface area contributed by atoms with Gasteiger partial charge in [0.05, 0.1) is 6.61 Å². The van der Waals surface area contributed by atoms with Crippen LogP contribution in [0.25, 0.3) is 0 Å². The molecular formula is C8H14NO3P. The zero-order chi connectivity index (χ0) is 9.84. The van der Waals surface area contributed by atoms with Crippen molar-refractivity contribution >= 4 is 21.3 Å². The van der Waals surface area contributed by atoms with Gasteiger partial charge in [0.25, 0.3) is 0 Å². The second kappa shape index (κ2) is 4.56. The van der Waals surface area contributed by atoms with Gasteiger partial charge in [-0.15, -0.1) is 0 Å². The smallest absolute Gasteiger partial charge is 0.318 e. The highest BCUT2D eigenvalue weighted by atomic mass is 31.0. The zero-order valence-corrected chi connectivity index (χ0v) is 8.81. The van der Waals surface area contributed by atoms with Gasteiger partial charge in [-0.25, -0.2) is 0 Å². The molecule has 0 N–H and O–H groups in total. The van der Waals surface area contributed by atoms with Gasteiger partial charge in [-0.1, -0.05) is 0 Å². The molecule has 0 aromatic heterocycles. The van der Waals surface area contributed by atoms with Gasteiger partial charge in [-0.3, -0.25) is 9.59 Å². The molecule has 0 spiro atoms. The number of rotatable bonds is 2. The predicted octanol–water partition coefficient (Wildman–Crippen LogP) is 0.578. The van der Waals surface area contributed by atoms with Gasteiger partial charge in [0, 0.05) is 6.54 Å². The summed E-state index contributed by atoms with van der Waals surface area (Å²) in [6, 6.07) is 0. The van der Waals surface area contributed by atoms with Crippen LogP contribution in [0.3, 0.4) is 0 Å². The molecule has 1 amide bonds. The second-order valence-corrected chi connectivity index (χ2v) is 3.60. The molecule has 5 heteroatoms. The van der Waals surface area contributed by atoms with E-state index in [0.717, 1.165) is 6.42 Å². The summed E-state index contributed by atoms with van der Waals surface area (Å²) in [4.78, 5) is 22.7. The average molecular weight is 203 g/mol. The highest BCUT2D eigenvalue weighted by molar-refractivity contribution is 7.14. The Morgan fingerprint density at radius 1 is 1.77 bits per heavy atom. The van der Waals surface area contributed by atoms with E-state index in [1.807, 2.05) is 0 Å². The zero-order valence-electron chi connectivity index (χ0n) is 7.66. The molecule has 13 heavy (non-hydrogen) atoms. The van der Waals surface area contributed by atoms with Crippen molar-refractivity contribution in [3.8, 4) is 0 Å². The number of carbonyl (C=O) groups excluding carboxylic acids is 2. The van der Waals surface area contributed by atoms with Gasteiger partial charge < -0.3 is 9.41 Å². The third-order valence-electron chi connectivity index (χ3n) is 2.04. The monoisotopic (exact) mass is 203 g/mol. The van der Waals surface area contributed by atoms with E-state index in [2.05, 4.69) is 9.39 Å². The van der Waals surface area contributed by atoms with Crippen LogP contribution < -0.4 is 0 Å². The molecule has 0 bridgehead atoms. The Morgan fingerprint density at radius 2 is 2.46 bits per heavy atom. The number of amides is 1. The fourth-order valence-electron chi connectivity index (χ4n) is 1.36. The van der Waals surface area contributed by atoms with E-state index >= 15 is 0 Å². The maximum absolute atomic E-state index is 11.4. The van der Waals surface area contributed by atoms with Gasteiger partial charge in [0.15, 0.2) is 0 Å². The Morgan fingerprint density at radius 3 is 3.08 bits per heavy atom. The van der Waals surface area contributed by atoms with E-state index < -0.39 is 5.92 Å². The molecule has 2 unspecified atom stereocenters. The van der Waals surface area contributed by atoms with Crippen LogP contribution in [0, 0.1) is 5.92 Å². The quantitative estimate of drug-likeness (QED) is 0.374. The summed E-state index contributed by atoms with van der Waals surface area (Å²) in [5.41, 5.74) is 0. The Balaban J connectivity index is 2.57. The van der Waals surface area contributed by atoms with Gasteiger partial charge in [0.1, 0.15) is 5.92 Å². The largest absolute Gasteiger partial charge is 0.465 e. The molecule has 1 fully saturated rings. The number of nitrogens with zero attached hydrogens (tertiary/aromatic N) is 1. The van der Waals surface area contributed by atoms with Crippen molar-refractivity contribution in [2.75, 3.05) is 13.2 Å². The van der Waals surface area contributed by atoms with Crippen molar-refractivity contribution in [3.63, 3.8) is 0 Å². The molecule has 1 aliphatic rings. The van der Waals surface area contributed by atoms with Gasteiger partial charge in [-0.05, 0) is 29.2 Å². The number of ether oxygens (including phenoxy) is 1. The molecule has 2 atom stereocenters. The fourth-order valence-corrected chi connectivity index (χ4v) is 1.72. The molecule has 0 saturated carbocycles. The molecule has 1 rings (SSSR count).